The van der Waals surface area contributed by atoms with E-state index in [1.54, 1.807) is 0 Å². The molecule has 5 nitrogen and oxygen atoms in total. The Balaban J connectivity index is 1.43. The van der Waals surface area contributed by atoms with Crippen LogP contribution in [0.3, 0.4) is 0 Å². The fourth-order valence-corrected chi connectivity index (χ4v) is 4.33. The van der Waals surface area contributed by atoms with Crippen LogP contribution in [-0.2, 0) is 0 Å². The van der Waals surface area contributed by atoms with Crippen LogP contribution in [0.25, 0.3) is 22.3 Å². The average Bonchev–Trinajstić information content (AvgIpc) is 3.33. The van der Waals surface area contributed by atoms with Crippen LogP contribution in [0.15, 0.2) is 59.9 Å². The van der Waals surface area contributed by atoms with Gasteiger partial charge >= 0.3 is 0 Å². The lowest BCUT2D eigenvalue weighted by molar-refractivity contribution is 0.102. The van der Waals surface area contributed by atoms with Gasteiger partial charge in [0.1, 0.15) is 0 Å². The summed E-state index contributed by atoms with van der Waals surface area (Å²) in [5.41, 5.74) is 4.05. The van der Waals surface area contributed by atoms with Gasteiger partial charge in [0.25, 0.3) is 0 Å². The van der Waals surface area contributed by atoms with Crippen molar-refractivity contribution in [2.75, 3.05) is 5.75 Å². The lowest BCUT2D eigenvalue weighted by Gasteiger charge is -2.08. The van der Waals surface area contributed by atoms with Gasteiger partial charge in [-0.15, -0.1) is 10.2 Å². The number of hydrogen-bond donors (Lipinski definition) is 1. The standard InChI is InChI=1S/C22H20N4OS/c1-14-6-8-15(9-7-14)20(27)13-28-22-25-24-21(26(22)16-10-11-16)18-12-23-19-5-3-2-4-17(18)19/h2-9,12,16,23H,10-11,13H2,1H3. The van der Waals surface area contributed by atoms with Gasteiger partial charge in [0.2, 0.25) is 0 Å². The topological polar surface area (TPSA) is 63.6 Å². The van der Waals surface area contributed by atoms with Crippen LogP contribution in [-0.4, -0.2) is 31.3 Å². The Morgan fingerprint density at radius 3 is 2.71 bits per heavy atom. The van der Waals surface area contributed by atoms with E-state index in [1.165, 1.54) is 11.8 Å². The van der Waals surface area contributed by atoms with Gasteiger partial charge in [-0.3, -0.25) is 9.36 Å². The third kappa shape index (κ3) is 3.14. The molecular formula is C22H20N4OS. The SMILES string of the molecule is Cc1ccc(C(=O)CSc2nnc(-c3c[nH]c4ccccc34)n2C2CC2)cc1. The molecule has 1 saturated carbocycles. The van der Waals surface area contributed by atoms with Crippen molar-refractivity contribution < 1.29 is 4.79 Å². The number of aromatic nitrogens is 4. The summed E-state index contributed by atoms with van der Waals surface area (Å²) in [6.07, 6.45) is 4.26. The van der Waals surface area contributed by atoms with Gasteiger partial charge in [0, 0.05) is 34.3 Å². The zero-order chi connectivity index (χ0) is 19.1. The normalized spacial score (nSPS) is 13.9. The van der Waals surface area contributed by atoms with Crippen LogP contribution in [0.2, 0.25) is 0 Å². The molecule has 2 heterocycles. The van der Waals surface area contributed by atoms with E-state index in [4.69, 9.17) is 0 Å². The third-order valence-corrected chi connectivity index (χ3v) is 6.06. The lowest BCUT2D eigenvalue weighted by Crippen LogP contribution is -2.05. The lowest BCUT2D eigenvalue weighted by atomic mass is 10.1. The van der Waals surface area contributed by atoms with E-state index in [0.717, 1.165) is 51.4 Å². The summed E-state index contributed by atoms with van der Waals surface area (Å²) in [7, 11) is 0. The monoisotopic (exact) mass is 388 g/mol. The molecule has 2 aromatic carbocycles. The molecule has 0 atom stereocenters. The number of nitrogens with zero attached hydrogens (tertiary/aromatic N) is 3. The van der Waals surface area contributed by atoms with Crippen LogP contribution in [0.5, 0.6) is 0 Å². The molecular weight excluding hydrogens is 368 g/mol. The molecule has 0 unspecified atom stereocenters. The highest BCUT2D eigenvalue weighted by atomic mass is 32.2. The minimum Gasteiger partial charge on any atom is -0.360 e. The van der Waals surface area contributed by atoms with E-state index in [2.05, 4.69) is 31.9 Å². The molecule has 0 amide bonds. The summed E-state index contributed by atoms with van der Waals surface area (Å²) in [6.45, 7) is 2.02. The number of aromatic amines is 1. The molecule has 0 saturated heterocycles. The fourth-order valence-electron chi connectivity index (χ4n) is 3.43. The number of para-hydroxylation sites is 1. The quantitative estimate of drug-likeness (QED) is 0.371. The Morgan fingerprint density at radius 2 is 1.93 bits per heavy atom. The first-order chi connectivity index (χ1) is 13.7. The molecule has 1 N–H and O–H groups in total. The van der Waals surface area contributed by atoms with Gasteiger partial charge in [-0.2, -0.15) is 0 Å². The molecule has 5 rings (SSSR count). The highest BCUT2D eigenvalue weighted by molar-refractivity contribution is 7.99. The van der Waals surface area contributed by atoms with Gasteiger partial charge in [-0.1, -0.05) is 59.8 Å². The number of thioether (sulfide) groups is 1. The van der Waals surface area contributed by atoms with Crippen molar-refractivity contribution >= 4 is 28.4 Å². The minimum absolute atomic E-state index is 0.115. The zero-order valence-electron chi connectivity index (χ0n) is 15.6. The highest BCUT2D eigenvalue weighted by Gasteiger charge is 2.31. The Bertz CT molecular complexity index is 1150. The predicted molar refractivity (Wildman–Crippen MR) is 112 cm³/mol. The van der Waals surface area contributed by atoms with Gasteiger partial charge in [0.15, 0.2) is 16.8 Å². The number of carbonyl (C=O) groups excluding carboxylic acids is 1. The predicted octanol–water partition coefficient (Wildman–Crippen LogP) is 5.04. The number of Topliss-reactive ketones (excluding diaryl/α,β-unsaturated/α-hetero) is 1. The average molecular weight is 388 g/mol. The van der Waals surface area contributed by atoms with Gasteiger partial charge in [-0.25, -0.2) is 0 Å². The van der Waals surface area contributed by atoms with Crippen molar-refractivity contribution in [2.45, 2.75) is 31.0 Å². The molecule has 1 fully saturated rings. The summed E-state index contributed by atoms with van der Waals surface area (Å²) in [5.74, 6) is 1.36. The molecule has 2 aromatic heterocycles. The number of ketones is 1. The smallest absolute Gasteiger partial charge is 0.192 e. The van der Waals surface area contributed by atoms with E-state index in [9.17, 15) is 4.79 Å². The summed E-state index contributed by atoms with van der Waals surface area (Å²) in [6, 6.07) is 16.4. The summed E-state index contributed by atoms with van der Waals surface area (Å²) in [5, 5.41) is 10.9. The number of rotatable bonds is 6. The van der Waals surface area contributed by atoms with Gasteiger partial charge in [-0.05, 0) is 25.8 Å². The molecule has 0 spiro atoms. The number of benzene rings is 2. The number of fused-ring (bicyclic) bond motifs is 1. The van der Waals surface area contributed by atoms with E-state index in [-0.39, 0.29) is 5.78 Å². The van der Waals surface area contributed by atoms with E-state index >= 15 is 0 Å². The minimum atomic E-state index is 0.115. The Kier molecular flexibility index (Phi) is 4.28. The number of carbonyl (C=O) groups is 1. The Morgan fingerprint density at radius 1 is 1.14 bits per heavy atom. The van der Waals surface area contributed by atoms with Crippen molar-refractivity contribution in [3.05, 3.63) is 65.9 Å². The second kappa shape index (κ2) is 6.95. The van der Waals surface area contributed by atoms with Crippen LogP contribution < -0.4 is 0 Å². The van der Waals surface area contributed by atoms with Crippen molar-refractivity contribution in [1.29, 1.82) is 0 Å². The summed E-state index contributed by atoms with van der Waals surface area (Å²) >= 11 is 1.48. The number of nitrogens with one attached hydrogen (secondary N) is 1. The molecule has 1 aliphatic rings. The van der Waals surface area contributed by atoms with E-state index < -0.39 is 0 Å². The third-order valence-electron chi connectivity index (χ3n) is 5.11. The summed E-state index contributed by atoms with van der Waals surface area (Å²) in [4.78, 5) is 15.9. The molecule has 0 bridgehead atoms. The molecule has 140 valence electrons. The molecule has 4 aromatic rings. The van der Waals surface area contributed by atoms with Crippen molar-refractivity contribution in [3.63, 3.8) is 0 Å². The number of H-pyrrole nitrogens is 1. The Hall–Kier alpha value is -2.86. The van der Waals surface area contributed by atoms with Crippen LogP contribution in [0, 0.1) is 6.92 Å². The first-order valence-electron chi connectivity index (χ1n) is 9.45. The maximum atomic E-state index is 12.6. The first-order valence-corrected chi connectivity index (χ1v) is 10.4. The fraction of sp³-hybridized carbons (Fsp3) is 0.227. The van der Waals surface area contributed by atoms with Crippen molar-refractivity contribution in [3.8, 4) is 11.4 Å². The second-order valence-corrected chi connectivity index (χ2v) is 8.18. The highest BCUT2D eigenvalue weighted by Crippen LogP contribution is 2.42. The number of aryl methyl sites for hydroxylation is 1. The molecule has 0 radical (unpaired) electrons. The van der Waals surface area contributed by atoms with Gasteiger partial charge in [0.05, 0.1) is 5.75 Å². The van der Waals surface area contributed by atoms with Crippen LogP contribution >= 0.6 is 11.8 Å². The molecule has 28 heavy (non-hydrogen) atoms. The maximum absolute atomic E-state index is 12.6. The largest absolute Gasteiger partial charge is 0.360 e. The van der Waals surface area contributed by atoms with Crippen molar-refractivity contribution in [2.24, 2.45) is 0 Å². The van der Waals surface area contributed by atoms with Crippen LogP contribution in [0.4, 0.5) is 0 Å². The van der Waals surface area contributed by atoms with Gasteiger partial charge < -0.3 is 4.98 Å². The molecule has 1 aliphatic carbocycles. The maximum Gasteiger partial charge on any atom is 0.192 e. The summed E-state index contributed by atoms with van der Waals surface area (Å²) < 4.78 is 2.21. The van der Waals surface area contributed by atoms with Crippen molar-refractivity contribution in [1.82, 2.24) is 19.7 Å². The molecule has 6 heteroatoms. The second-order valence-electron chi connectivity index (χ2n) is 7.23. The zero-order valence-corrected chi connectivity index (χ0v) is 16.4. The van der Waals surface area contributed by atoms with E-state index in [1.807, 2.05) is 49.5 Å². The molecule has 0 aliphatic heterocycles. The van der Waals surface area contributed by atoms with E-state index in [0.29, 0.717) is 11.8 Å². The first kappa shape index (κ1) is 17.3. The van der Waals surface area contributed by atoms with Crippen LogP contribution in [0.1, 0.15) is 34.8 Å². The Labute approximate surface area is 167 Å². The number of hydrogen-bond acceptors (Lipinski definition) is 4.